The Balaban J connectivity index is 2.31. The van der Waals surface area contributed by atoms with Gasteiger partial charge in [0.25, 0.3) is 0 Å². The number of hydrogen-bond donors (Lipinski definition) is 0. The minimum absolute atomic E-state index is 0.166. The molecule has 1 aromatic carbocycles. The Hall–Kier alpha value is -1.83. The van der Waals surface area contributed by atoms with Gasteiger partial charge in [0.1, 0.15) is 0 Å². The number of benzene rings is 1. The molecule has 0 aromatic heterocycles. The van der Waals surface area contributed by atoms with E-state index < -0.39 is 0 Å². The molecule has 1 aromatic rings. The monoisotopic (exact) mass is 272 g/mol. The second-order valence-corrected chi connectivity index (χ2v) is 5.16. The quantitative estimate of drug-likeness (QED) is 0.520. The van der Waals surface area contributed by atoms with Crippen molar-refractivity contribution >= 4 is 5.97 Å². The highest BCUT2D eigenvalue weighted by atomic mass is 16.5. The second kappa shape index (κ2) is 9.13. The van der Waals surface area contributed by atoms with Crippen LogP contribution in [0.1, 0.15) is 32.3 Å². The topological polar surface area (TPSA) is 26.3 Å². The highest BCUT2D eigenvalue weighted by Crippen LogP contribution is 2.10. The smallest absolute Gasteiger partial charge is 0.310 e. The van der Waals surface area contributed by atoms with E-state index in [9.17, 15) is 4.79 Å². The van der Waals surface area contributed by atoms with Crippen molar-refractivity contribution in [1.82, 2.24) is 0 Å². The standard InChI is InChI=1S/C18H24O2/c1-4-5-9-15(2)12-16(3)14-20-18(19)13-17-10-7-6-8-11-17/h4,6-8,10-12,16H,1,5,9,13-14H2,2-3H3/b15-12+. The molecule has 0 saturated heterocycles. The van der Waals surface area contributed by atoms with Crippen LogP contribution in [0.3, 0.4) is 0 Å². The molecule has 1 rings (SSSR count). The number of hydrogen-bond acceptors (Lipinski definition) is 2. The zero-order valence-corrected chi connectivity index (χ0v) is 12.5. The number of carbonyl (C=O) groups excluding carboxylic acids is 1. The zero-order valence-electron chi connectivity index (χ0n) is 12.5. The van der Waals surface area contributed by atoms with Crippen LogP contribution < -0.4 is 0 Å². The molecule has 0 amide bonds. The van der Waals surface area contributed by atoms with Gasteiger partial charge in [0.2, 0.25) is 0 Å². The number of rotatable bonds is 8. The SMILES string of the molecule is C=CCC/C(C)=C/C(C)COC(=O)Cc1ccccc1. The fraction of sp³-hybridized carbons (Fsp3) is 0.389. The van der Waals surface area contributed by atoms with Crippen LogP contribution in [0.2, 0.25) is 0 Å². The van der Waals surface area contributed by atoms with Gasteiger partial charge >= 0.3 is 5.97 Å². The summed E-state index contributed by atoms with van der Waals surface area (Å²) in [6, 6.07) is 9.66. The maximum atomic E-state index is 11.7. The van der Waals surface area contributed by atoms with E-state index in [-0.39, 0.29) is 11.9 Å². The predicted molar refractivity (Wildman–Crippen MR) is 83.5 cm³/mol. The van der Waals surface area contributed by atoms with Gasteiger partial charge in [-0.15, -0.1) is 6.58 Å². The Bertz CT molecular complexity index is 446. The summed E-state index contributed by atoms with van der Waals surface area (Å²) in [6.07, 6.45) is 6.43. The first-order valence-corrected chi connectivity index (χ1v) is 7.09. The Morgan fingerprint density at radius 1 is 1.35 bits per heavy atom. The van der Waals surface area contributed by atoms with Crippen LogP contribution in [0.5, 0.6) is 0 Å². The second-order valence-electron chi connectivity index (χ2n) is 5.16. The molecule has 20 heavy (non-hydrogen) atoms. The van der Waals surface area contributed by atoms with E-state index in [1.807, 2.05) is 36.4 Å². The van der Waals surface area contributed by atoms with Gasteiger partial charge in [-0.2, -0.15) is 0 Å². The lowest BCUT2D eigenvalue weighted by molar-refractivity contribution is -0.143. The molecule has 0 heterocycles. The normalized spacial score (nSPS) is 12.8. The van der Waals surface area contributed by atoms with Gasteiger partial charge in [0, 0.05) is 5.92 Å². The van der Waals surface area contributed by atoms with Crippen molar-refractivity contribution in [3.8, 4) is 0 Å². The Labute approximate surface area is 122 Å². The summed E-state index contributed by atoms with van der Waals surface area (Å²) in [4.78, 5) is 11.7. The molecule has 0 fully saturated rings. The van der Waals surface area contributed by atoms with Gasteiger partial charge in [0.05, 0.1) is 13.0 Å². The summed E-state index contributed by atoms with van der Waals surface area (Å²) >= 11 is 0. The van der Waals surface area contributed by atoms with Crippen LogP contribution in [-0.4, -0.2) is 12.6 Å². The van der Waals surface area contributed by atoms with Crippen molar-refractivity contribution in [2.75, 3.05) is 6.61 Å². The lowest BCUT2D eigenvalue weighted by Crippen LogP contribution is -2.13. The third kappa shape index (κ3) is 6.93. The van der Waals surface area contributed by atoms with E-state index in [1.165, 1.54) is 5.57 Å². The lowest BCUT2D eigenvalue weighted by atomic mass is 10.1. The van der Waals surface area contributed by atoms with Crippen LogP contribution in [0.15, 0.2) is 54.6 Å². The molecule has 0 spiro atoms. The van der Waals surface area contributed by atoms with Gasteiger partial charge in [-0.3, -0.25) is 4.79 Å². The molecule has 1 atom stereocenters. The van der Waals surface area contributed by atoms with Gasteiger partial charge in [-0.05, 0) is 25.3 Å². The molecule has 0 aliphatic heterocycles. The highest BCUT2D eigenvalue weighted by molar-refractivity contribution is 5.72. The van der Waals surface area contributed by atoms with Crippen molar-refractivity contribution in [1.29, 1.82) is 0 Å². The van der Waals surface area contributed by atoms with Crippen molar-refractivity contribution in [3.05, 3.63) is 60.2 Å². The van der Waals surface area contributed by atoms with Crippen molar-refractivity contribution in [2.45, 2.75) is 33.1 Å². The predicted octanol–water partition coefficient (Wildman–Crippen LogP) is 4.32. The molecular formula is C18H24O2. The third-order valence-electron chi connectivity index (χ3n) is 3.01. The Morgan fingerprint density at radius 2 is 2.05 bits per heavy atom. The molecule has 108 valence electrons. The fourth-order valence-electron chi connectivity index (χ4n) is 1.98. The summed E-state index contributed by atoms with van der Waals surface area (Å²) in [5.41, 5.74) is 2.30. The van der Waals surface area contributed by atoms with Gasteiger partial charge in [-0.25, -0.2) is 0 Å². The maximum absolute atomic E-state index is 11.7. The maximum Gasteiger partial charge on any atom is 0.310 e. The van der Waals surface area contributed by atoms with E-state index in [0.29, 0.717) is 13.0 Å². The van der Waals surface area contributed by atoms with Crippen LogP contribution in [0.25, 0.3) is 0 Å². The molecule has 0 radical (unpaired) electrons. The molecule has 2 heteroatoms. The first-order valence-electron chi connectivity index (χ1n) is 7.09. The minimum Gasteiger partial charge on any atom is -0.465 e. The third-order valence-corrected chi connectivity index (χ3v) is 3.01. The lowest BCUT2D eigenvalue weighted by Gasteiger charge is -2.10. The molecule has 0 saturated carbocycles. The molecular weight excluding hydrogens is 248 g/mol. The molecule has 1 unspecified atom stereocenters. The number of allylic oxidation sites excluding steroid dienone is 2. The van der Waals surface area contributed by atoms with Crippen molar-refractivity contribution in [2.24, 2.45) is 5.92 Å². The molecule has 0 N–H and O–H groups in total. The first-order chi connectivity index (χ1) is 9.61. The van der Waals surface area contributed by atoms with E-state index >= 15 is 0 Å². The largest absolute Gasteiger partial charge is 0.465 e. The minimum atomic E-state index is -0.166. The summed E-state index contributed by atoms with van der Waals surface area (Å²) in [5.74, 6) is 0.0831. The van der Waals surface area contributed by atoms with Crippen LogP contribution in [-0.2, 0) is 16.0 Å². The van der Waals surface area contributed by atoms with Crippen molar-refractivity contribution in [3.63, 3.8) is 0 Å². The van der Waals surface area contributed by atoms with Gasteiger partial charge in [0.15, 0.2) is 0 Å². The Kier molecular flexibility index (Phi) is 7.41. The van der Waals surface area contributed by atoms with Crippen molar-refractivity contribution < 1.29 is 9.53 Å². The molecule has 0 aliphatic carbocycles. The summed E-state index contributed by atoms with van der Waals surface area (Å²) < 4.78 is 5.31. The summed E-state index contributed by atoms with van der Waals surface area (Å²) in [5, 5.41) is 0. The molecule has 2 nitrogen and oxygen atoms in total. The summed E-state index contributed by atoms with van der Waals surface area (Å²) in [6.45, 7) is 8.32. The number of carbonyl (C=O) groups is 1. The average molecular weight is 272 g/mol. The zero-order chi connectivity index (χ0) is 14.8. The van der Waals surface area contributed by atoms with Crippen LogP contribution in [0, 0.1) is 5.92 Å². The highest BCUT2D eigenvalue weighted by Gasteiger charge is 2.07. The number of ether oxygens (including phenoxy) is 1. The van der Waals surface area contributed by atoms with E-state index in [2.05, 4.69) is 26.5 Å². The first kappa shape index (κ1) is 16.2. The van der Waals surface area contributed by atoms with Crippen LogP contribution in [0.4, 0.5) is 0 Å². The Morgan fingerprint density at radius 3 is 2.70 bits per heavy atom. The van der Waals surface area contributed by atoms with E-state index in [1.54, 1.807) is 0 Å². The number of esters is 1. The fourth-order valence-corrected chi connectivity index (χ4v) is 1.98. The average Bonchev–Trinajstić information content (AvgIpc) is 2.44. The van der Waals surface area contributed by atoms with Crippen LogP contribution >= 0.6 is 0 Å². The van der Waals surface area contributed by atoms with E-state index in [4.69, 9.17) is 4.74 Å². The summed E-state index contributed by atoms with van der Waals surface area (Å²) in [7, 11) is 0. The molecule has 0 aliphatic rings. The van der Waals surface area contributed by atoms with Gasteiger partial charge in [-0.1, -0.05) is 55.0 Å². The van der Waals surface area contributed by atoms with E-state index in [0.717, 1.165) is 18.4 Å². The molecule has 0 bridgehead atoms. The van der Waals surface area contributed by atoms with Gasteiger partial charge < -0.3 is 4.74 Å².